The third kappa shape index (κ3) is 3.11. The Morgan fingerprint density at radius 1 is 1.26 bits per heavy atom. The molecule has 1 aromatic carbocycles. The average molecular weight is 481 g/mol. The number of halogens is 3. The molecule has 2 aliphatic carbocycles. The van der Waals surface area contributed by atoms with Crippen molar-refractivity contribution < 1.29 is 22.8 Å². The lowest BCUT2D eigenvalue weighted by Crippen LogP contribution is -2.60. The van der Waals surface area contributed by atoms with E-state index in [9.17, 15) is 22.8 Å². The second-order valence-electron chi connectivity index (χ2n) is 9.46. The van der Waals surface area contributed by atoms with Crippen molar-refractivity contribution in [3.8, 4) is 0 Å². The maximum atomic E-state index is 14.3. The van der Waals surface area contributed by atoms with Crippen LogP contribution in [0.4, 0.5) is 24.5 Å². The SMILES string of the molecule is Cc1nccn1CC(=O)N(c1cncc(F)c1)C12CCc3cccc(c31)N(C1CC(F)(F)C1)C2=O. The molecule has 0 saturated heterocycles. The Kier molecular flexibility index (Phi) is 4.61. The maximum Gasteiger partial charge on any atom is 0.258 e. The highest BCUT2D eigenvalue weighted by atomic mass is 19.3. The van der Waals surface area contributed by atoms with E-state index in [0.717, 1.165) is 11.8 Å². The summed E-state index contributed by atoms with van der Waals surface area (Å²) in [6.07, 6.45) is 5.53. The van der Waals surface area contributed by atoms with E-state index in [4.69, 9.17) is 0 Å². The normalized spacial score (nSPS) is 22.3. The topological polar surface area (TPSA) is 71.3 Å². The van der Waals surface area contributed by atoms with Gasteiger partial charge >= 0.3 is 0 Å². The Morgan fingerprint density at radius 2 is 2.06 bits per heavy atom. The molecule has 1 atom stereocenters. The monoisotopic (exact) mass is 481 g/mol. The molecule has 10 heteroatoms. The number of aromatic nitrogens is 3. The van der Waals surface area contributed by atoms with Crippen LogP contribution >= 0.6 is 0 Å². The molecule has 1 saturated carbocycles. The summed E-state index contributed by atoms with van der Waals surface area (Å²) in [5.74, 6) is -3.74. The third-order valence-corrected chi connectivity index (χ3v) is 7.37. The Morgan fingerprint density at radius 3 is 2.74 bits per heavy atom. The minimum absolute atomic E-state index is 0.129. The van der Waals surface area contributed by atoms with Gasteiger partial charge < -0.3 is 9.47 Å². The zero-order valence-electron chi connectivity index (χ0n) is 18.9. The second-order valence-corrected chi connectivity index (χ2v) is 9.46. The number of nitrogens with zero attached hydrogens (tertiary/aromatic N) is 5. The molecule has 3 heterocycles. The summed E-state index contributed by atoms with van der Waals surface area (Å²) in [5.41, 5.74) is 0.749. The van der Waals surface area contributed by atoms with Crippen LogP contribution < -0.4 is 9.80 Å². The number of carbonyl (C=O) groups is 2. The van der Waals surface area contributed by atoms with Crippen molar-refractivity contribution in [2.75, 3.05) is 9.80 Å². The molecule has 0 bridgehead atoms. The molecule has 2 amide bonds. The number of benzene rings is 1. The van der Waals surface area contributed by atoms with E-state index in [-0.39, 0.29) is 18.7 Å². The zero-order valence-corrected chi connectivity index (χ0v) is 18.9. The number of hydrogen-bond acceptors (Lipinski definition) is 4. The largest absolute Gasteiger partial charge is 0.326 e. The summed E-state index contributed by atoms with van der Waals surface area (Å²) < 4.78 is 43.6. The van der Waals surface area contributed by atoms with Crippen LogP contribution in [0.25, 0.3) is 0 Å². The first-order chi connectivity index (χ1) is 16.7. The quantitative estimate of drug-likeness (QED) is 0.557. The Hall–Kier alpha value is -3.69. The van der Waals surface area contributed by atoms with Crippen LogP contribution in [0.15, 0.2) is 49.1 Å². The standard InChI is InChI=1S/C25H22F3N5O2/c1-15-30-7-8-31(15)14-21(34)33(18-9-17(26)12-29-13-18)25-6-5-16-3-2-4-20(22(16)25)32(23(25)35)19-10-24(27,28)11-19/h2-4,7-9,12-13,19H,5-6,10-11,14H2,1H3. The van der Waals surface area contributed by atoms with Gasteiger partial charge in [0.15, 0.2) is 5.54 Å². The minimum Gasteiger partial charge on any atom is -0.326 e. The van der Waals surface area contributed by atoms with Crippen LogP contribution in [0.3, 0.4) is 0 Å². The van der Waals surface area contributed by atoms with Crippen molar-refractivity contribution in [3.05, 3.63) is 71.8 Å². The first kappa shape index (κ1) is 21.8. The summed E-state index contributed by atoms with van der Waals surface area (Å²) in [5, 5.41) is 0. The fourth-order valence-corrected chi connectivity index (χ4v) is 5.82. The fourth-order valence-electron chi connectivity index (χ4n) is 5.82. The molecule has 3 aromatic rings. The smallest absolute Gasteiger partial charge is 0.258 e. The van der Waals surface area contributed by atoms with E-state index < -0.39 is 48.0 Å². The van der Waals surface area contributed by atoms with Gasteiger partial charge in [-0.25, -0.2) is 18.2 Å². The van der Waals surface area contributed by atoms with Crippen molar-refractivity contribution in [1.82, 2.24) is 14.5 Å². The number of rotatable bonds is 5. The highest BCUT2D eigenvalue weighted by Gasteiger charge is 2.63. The van der Waals surface area contributed by atoms with Gasteiger partial charge in [-0.15, -0.1) is 0 Å². The van der Waals surface area contributed by atoms with Crippen molar-refractivity contribution in [3.63, 3.8) is 0 Å². The van der Waals surface area contributed by atoms with Crippen molar-refractivity contribution in [2.45, 2.75) is 56.7 Å². The second kappa shape index (κ2) is 7.40. The predicted molar refractivity (Wildman–Crippen MR) is 121 cm³/mol. The first-order valence-corrected chi connectivity index (χ1v) is 11.5. The molecule has 6 rings (SSSR count). The lowest BCUT2D eigenvalue weighted by molar-refractivity contribution is -0.131. The van der Waals surface area contributed by atoms with Gasteiger partial charge in [0.1, 0.15) is 18.2 Å². The zero-order chi connectivity index (χ0) is 24.5. The van der Waals surface area contributed by atoms with Crippen LogP contribution in [0.5, 0.6) is 0 Å². The van der Waals surface area contributed by atoms with E-state index >= 15 is 0 Å². The number of pyridine rings is 1. The van der Waals surface area contributed by atoms with Crippen molar-refractivity contribution in [1.29, 1.82) is 0 Å². The van der Waals surface area contributed by atoms with Crippen LogP contribution in [-0.2, 0) is 28.1 Å². The van der Waals surface area contributed by atoms with Gasteiger partial charge in [-0.3, -0.25) is 19.5 Å². The predicted octanol–water partition coefficient (Wildman–Crippen LogP) is 3.74. The number of aryl methyl sites for hydroxylation is 2. The van der Waals surface area contributed by atoms with Gasteiger partial charge in [-0.05, 0) is 31.4 Å². The summed E-state index contributed by atoms with van der Waals surface area (Å²) in [6.45, 7) is 1.62. The molecule has 1 unspecified atom stereocenters. The van der Waals surface area contributed by atoms with E-state index in [2.05, 4.69) is 9.97 Å². The van der Waals surface area contributed by atoms with E-state index in [0.29, 0.717) is 23.5 Å². The number of anilines is 2. The molecule has 0 radical (unpaired) electrons. The number of imidazole rings is 1. The molecule has 1 aliphatic heterocycles. The average Bonchev–Trinajstić information content (AvgIpc) is 3.44. The number of hydrogen-bond donors (Lipinski definition) is 0. The van der Waals surface area contributed by atoms with Gasteiger partial charge in [0.05, 0.1) is 23.8 Å². The van der Waals surface area contributed by atoms with Crippen molar-refractivity contribution in [2.24, 2.45) is 0 Å². The molecule has 180 valence electrons. The van der Waals surface area contributed by atoms with E-state index in [1.54, 1.807) is 36.0 Å². The molecular formula is C25H22F3N5O2. The summed E-state index contributed by atoms with van der Waals surface area (Å²) in [4.78, 5) is 39.0. The summed E-state index contributed by atoms with van der Waals surface area (Å²) in [6, 6.07) is 5.95. The molecule has 35 heavy (non-hydrogen) atoms. The minimum atomic E-state index is -2.82. The lowest BCUT2D eigenvalue weighted by Gasteiger charge is -2.43. The first-order valence-electron chi connectivity index (χ1n) is 11.5. The van der Waals surface area contributed by atoms with Crippen LogP contribution in [-0.4, -0.2) is 38.3 Å². The van der Waals surface area contributed by atoms with E-state index in [1.807, 2.05) is 6.07 Å². The summed E-state index contributed by atoms with van der Waals surface area (Å²) in [7, 11) is 0. The molecule has 0 spiro atoms. The Labute approximate surface area is 199 Å². The highest BCUT2D eigenvalue weighted by molar-refractivity contribution is 6.16. The number of amides is 2. The van der Waals surface area contributed by atoms with Crippen LogP contribution in [0.1, 0.15) is 36.2 Å². The number of carbonyl (C=O) groups excluding carboxylic acids is 2. The van der Waals surface area contributed by atoms with Gasteiger partial charge in [0.2, 0.25) is 5.91 Å². The lowest BCUT2D eigenvalue weighted by atomic mass is 9.86. The molecule has 1 fully saturated rings. The molecule has 3 aliphatic rings. The fraction of sp³-hybridized carbons (Fsp3) is 0.360. The van der Waals surface area contributed by atoms with Gasteiger partial charge in [-0.2, -0.15) is 0 Å². The number of alkyl halides is 2. The molecule has 2 aromatic heterocycles. The van der Waals surface area contributed by atoms with Crippen LogP contribution in [0, 0.1) is 12.7 Å². The maximum absolute atomic E-state index is 14.3. The Bertz CT molecular complexity index is 1360. The van der Waals surface area contributed by atoms with Gasteiger partial charge in [0, 0.05) is 42.9 Å². The Balaban J connectivity index is 1.51. The van der Waals surface area contributed by atoms with Gasteiger partial charge in [0.25, 0.3) is 11.8 Å². The summed E-state index contributed by atoms with van der Waals surface area (Å²) >= 11 is 0. The molecular weight excluding hydrogens is 459 g/mol. The third-order valence-electron chi connectivity index (χ3n) is 7.37. The highest BCUT2D eigenvalue weighted by Crippen LogP contribution is 2.57. The molecule has 7 nitrogen and oxygen atoms in total. The van der Waals surface area contributed by atoms with E-state index in [1.165, 1.54) is 22.1 Å². The van der Waals surface area contributed by atoms with Crippen molar-refractivity contribution >= 4 is 23.2 Å². The van der Waals surface area contributed by atoms with Gasteiger partial charge in [-0.1, -0.05) is 12.1 Å². The molecule has 0 N–H and O–H groups in total. The van der Waals surface area contributed by atoms with Crippen LogP contribution in [0.2, 0.25) is 0 Å².